The molecule has 0 N–H and O–H groups in total. The van der Waals surface area contributed by atoms with E-state index < -0.39 is 0 Å². The van der Waals surface area contributed by atoms with E-state index in [4.69, 9.17) is 0 Å². The molecule has 2 heteroatoms. The van der Waals surface area contributed by atoms with Crippen LogP contribution in [-0.2, 0) is 5.41 Å². The second-order valence-corrected chi connectivity index (χ2v) is 17.3. The number of hydrogen-bond donors (Lipinski definition) is 0. The van der Waals surface area contributed by atoms with Crippen LogP contribution in [0.2, 0.25) is 0 Å². The fraction of sp³-hybridized carbons (Fsp3) is 0.0492. The molecular formula is C61H44N2. The summed E-state index contributed by atoms with van der Waals surface area (Å²) in [6.07, 6.45) is 0. The van der Waals surface area contributed by atoms with Gasteiger partial charge >= 0.3 is 0 Å². The summed E-state index contributed by atoms with van der Waals surface area (Å²) >= 11 is 0. The lowest BCUT2D eigenvalue weighted by atomic mass is 9.81. The van der Waals surface area contributed by atoms with Gasteiger partial charge in [-0.05, 0) is 122 Å². The highest BCUT2D eigenvalue weighted by atomic mass is 15.1. The largest absolute Gasteiger partial charge is 0.310 e. The molecule has 10 aromatic carbocycles. The molecule has 0 radical (unpaired) electrons. The van der Waals surface area contributed by atoms with E-state index in [1.807, 2.05) is 0 Å². The number of fused-ring (bicyclic) bond motifs is 7. The number of nitrogens with zero attached hydrogens (tertiary/aromatic N) is 2. The van der Waals surface area contributed by atoms with Crippen molar-refractivity contribution in [1.82, 2.24) is 4.57 Å². The van der Waals surface area contributed by atoms with E-state index in [-0.39, 0.29) is 5.41 Å². The van der Waals surface area contributed by atoms with Crippen molar-refractivity contribution in [3.05, 3.63) is 242 Å². The zero-order chi connectivity index (χ0) is 42.1. The Hall–Kier alpha value is -7.94. The number of aromatic nitrogens is 1. The average Bonchev–Trinajstić information content (AvgIpc) is 3.79. The van der Waals surface area contributed by atoms with Crippen molar-refractivity contribution in [2.45, 2.75) is 19.3 Å². The van der Waals surface area contributed by atoms with Gasteiger partial charge in [0.05, 0.1) is 16.7 Å². The van der Waals surface area contributed by atoms with Crippen LogP contribution in [0.5, 0.6) is 0 Å². The van der Waals surface area contributed by atoms with Gasteiger partial charge in [-0.2, -0.15) is 0 Å². The van der Waals surface area contributed by atoms with Gasteiger partial charge in [0.1, 0.15) is 0 Å². The summed E-state index contributed by atoms with van der Waals surface area (Å²) in [6.45, 7) is 4.74. The van der Waals surface area contributed by atoms with Gasteiger partial charge in [0.25, 0.3) is 0 Å². The van der Waals surface area contributed by atoms with E-state index in [1.165, 1.54) is 88.2 Å². The number of anilines is 3. The number of benzene rings is 10. The minimum absolute atomic E-state index is 0.163. The van der Waals surface area contributed by atoms with E-state index in [0.717, 1.165) is 22.7 Å². The third kappa shape index (κ3) is 6.02. The van der Waals surface area contributed by atoms with E-state index in [0.29, 0.717) is 0 Å². The summed E-state index contributed by atoms with van der Waals surface area (Å²) in [6, 6.07) is 84.6. The molecule has 1 heterocycles. The fourth-order valence-electron chi connectivity index (χ4n) is 10.3. The summed E-state index contributed by atoms with van der Waals surface area (Å²) in [5.41, 5.74) is 19.4. The van der Waals surface area contributed by atoms with Crippen LogP contribution in [0.25, 0.3) is 82.8 Å². The van der Waals surface area contributed by atoms with Gasteiger partial charge in [0.15, 0.2) is 0 Å². The molecule has 1 aliphatic rings. The lowest BCUT2D eigenvalue weighted by molar-refractivity contribution is 0.660. The van der Waals surface area contributed by atoms with Crippen molar-refractivity contribution in [2.24, 2.45) is 0 Å². The second kappa shape index (κ2) is 14.6. The maximum absolute atomic E-state index is 2.46. The van der Waals surface area contributed by atoms with Crippen molar-refractivity contribution >= 4 is 49.6 Å². The van der Waals surface area contributed by atoms with Crippen molar-refractivity contribution in [3.63, 3.8) is 0 Å². The molecule has 0 fully saturated rings. The monoisotopic (exact) mass is 804 g/mol. The summed E-state index contributed by atoms with van der Waals surface area (Å²) in [5, 5.41) is 5.00. The predicted octanol–water partition coefficient (Wildman–Crippen LogP) is 16.7. The van der Waals surface area contributed by atoms with Crippen LogP contribution in [0.3, 0.4) is 0 Å². The molecule has 0 bridgehead atoms. The Morgan fingerprint density at radius 2 is 0.905 bits per heavy atom. The van der Waals surface area contributed by atoms with Crippen LogP contribution in [0, 0.1) is 0 Å². The van der Waals surface area contributed by atoms with Crippen LogP contribution in [0.1, 0.15) is 25.0 Å². The Bertz CT molecular complexity index is 3520. The van der Waals surface area contributed by atoms with Crippen LogP contribution in [-0.4, -0.2) is 4.57 Å². The van der Waals surface area contributed by atoms with Crippen LogP contribution in [0.15, 0.2) is 231 Å². The lowest BCUT2D eigenvalue weighted by Gasteiger charge is -2.28. The van der Waals surface area contributed by atoms with Crippen molar-refractivity contribution in [3.8, 4) is 50.2 Å². The molecule has 1 aliphatic carbocycles. The Labute approximate surface area is 368 Å². The summed E-state index contributed by atoms with van der Waals surface area (Å²) in [4.78, 5) is 2.40. The molecule has 1 aromatic heterocycles. The molecule has 0 amide bonds. The highest BCUT2D eigenvalue weighted by molar-refractivity contribution is 6.11. The van der Waals surface area contributed by atoms with Gasteiger partial charge in [0.2, 0.25) is 0 Å². The first-order valence-corrected chi connectivity index (χ1v) is 21.9. The van der Waals surface area contributed by atoms with Gasteiger partial charge in [-0.15, -0.1) is 0 Å². The van der Waals surface area contributed by atoms with Gasteiger partial charge in [-0.25, -0.2) is 0 Å². The van der Waals surface area contributed by atoms with Crippen molar-refractivity contribution in [1.29, 1.82) is 0 Å². The number of hydrogen-bond acceptors (Lipinski definition) is 1. The fourth-order valence-corrected chi connectivity index (χ4v) is 10.3. The molecule has 12 rings (SSSR count). The van der Waals surface area contributed by atoms with Gasteiger partial charge in [0, 0.05) is 38.8 Å². The zero-order valence-corrected chi connectivity index (χ0v) is 35.3. The molecule has 298 valence electrons. The number of rotatable bonds is 7. The van der Waals surface area contributed by atoms with E-state index in [1.54, 1.807) is 0 Å². The normalized spacial score (nSPS) is 12.7. The van der Waals surface area contributed by atoms with Crippen LogP contribution < -0.4 is 4.90 Å². The van der Waals surface area contributed by atoms with Crippen molar-refractivity contribution in [2.75, 3.05) is 4.90 Å². The summed E-state index contributed by atoms with van der Waals surface area (Å²) < 4.78 is 2.46. The molecule has 2 nitrogen and oxygen atoms in total. The first-order valence-electron chi connectivity index (χ1n) is 21.9. The Kier molecular flexibility index (Phi) is 8.55. The maximum Gasteiger partial charge on any atom is 0.0547 e. The average molecular weight is 805 g/mol. The van der Waals surface area contributed by atoms with Gasteiger partial charge in [-0.3, -0.25) is 0 Å². The first kappa shape index (κ1) is 36.9. The molecule has 0 saturated heterocycles. The summed E-state index contributed by atoms with van der Waals surface area (Å²) in [7, 11) is 0. The Balaban J connectivity index is 0.952. The molecule has 0 saturated carbocycles. The minimum atomic E-state index is -0.163. The highest BCUT2D eigenvalue weighted by Crippen LogP contribution is 2.52. The number of para-hydroxylation sites is 3. The van der Waals surface area contributed by atoms with Crippen LogP contribution >= 0.6 is 0 Å². The summed E-state index contributed by atoms with van der Waals surface area (Å²) in [5.74, 6) is 0. The molecule has 11 aromatic rings. The molecule has 0 spiro atoms. The molecule has 63 heavy (non-hydrogen) atoms. The molecule has 0 aliphatic heterocycles. The quantitative estimate of drug-likeness (QED) is 0.156. The van der Waals surface area contributed by atoms with E-state index >= 15 is 0 Å². The molecule has 0 atom stereocenters. The molecule has 0 unspecified atom stereocenters. The zero-order valence-electron chi connectivity index (χ0n) is 35.3. The van der Waals surface area contributed by atoms with Crippen LogP contribution in [0.4, 0.5) is 17.1 Å². The second-order valence-electron chi connectivity index (χ2n) is 17.3. The van der Waals surface area contributed by atoms with Gasteiger partial charge in [-0.1, -0.05) is 184 Å². The van der Waals surface area contributed by atoms with Crippen molar-refractivity contribution < 1.29 is 0 Å². The van der Waals surface area contributed by atoms with E-state index in [2.05, 4.69) is 254 Å². The topological polar surface area (TPSA) is 8.17 Å². The standard InChI is InChI=1S/C61H44N2/c1-61(2)56-38-44(41-16-5-3-6-17-41)30-35-52(56)53-37-34-48(40-57(53)61)62(46-20-7-4-8-21-46)47-32-28-43(29-33-47)51-23-11-13-26-58(51)63-59-27-14-12-24-54(59)55-36-31-45(39-60(55)63)50-25-15-19-42-18-9-10-22-49(42)50/h3-40H,1-2H3. The maximum atomic E-state index is 2.46. The Morgan fingerprint density at radius 3 is 1.73 bits per heavy atom. The first-order chi connectivity index (χ1) is 31.0. The third-order valence-electron chi connectivity index (χ3n) is 13.4. The highest BCUT2D eigenvalue weighted by Gasteiger charge is 2.36. The SMILES string of the molecule is CC1(C)c2cc(-c3ccccc3)ccc2-c2ccc(N(c3ccccc3)c3ccc(-c4ccccc4-n4c5ccccc5c5ccc(-c6cccc7ccccc67)cc54)cc3)cc21. The third-order valence-corrected chi connectivity index (χ3v) is 13.4. The predicted molar refractivity (Wildman–Crippen MR) is 267 cm³/mol. The lowest BCUT2D eigenvalue weighted by Crippen LogP contribution is -2.16. The minimum Gasteiger partial charge on any atom is -0.310 e. The smallest absolute Gasteiger partial charge is 0.0547 e. The molecular weight excluding hydrogens is 761 g/mol. The van der Waals surface area contributed by atoms with E-state index in [9.17, 15) is 0 Å². The van der Waals surface area contributed by atoms with Gasteiger partial charge < -0.3 is 9.47 Å². The Morgan fingerprint density at radius 1 is 0.333 bits per heavy atom.